The highest BCUT2D eigenvalue weighted by molar-refractivity contribution is 6.03. The number of nitrogens with one attached hydrogen (secondary N) is 3. The summed E-state index contributed by atoms with van der Waals surface area (Å²) in [5.41, 5.74) is 10.4. The van der Waals surface area contributed by atoms with Crippen LogP contribution in [0.15, 0.2) is 152 Å². The van der Waals surface area contributed by atoms with Crippen molar-refractivity contribution in [1.29, 1.82) is 0 Å². The number of benzene rings is 5. The van der Waals surface area contributed by atoms with Crippen LogP contribution in [0.1, 0.15) is 113 Å². The van der Waals surface area contributed by atoms with Crippen LogP contribution in [0, 0.1) is 51.0 Å². The number of esters is 3. The van der Waals surface area contributed by atoms with E-state index in [2.05, 4.69) is 45.7 Å². The zero-order valence-corrected chi connectivity index (χ0v) is 57.2. The molecule has 31 heteroatoms. The van der Waals surface area contributed by atoms with Gasteiger partial charge in [-0.1, -0.05) is 115 Å². The number of likely N-dealkylation sites (N-methyl/N-ethyl adjacent to an activating group) is 2. The van der Waals surface area contributed by atoms with E-state index in [-0.39, 0.29) is 72.7 Å². The van der Waals surface area contributed by atoms with Crippen LogP contribution in [0.3, 0.4) is 0 Å². The number of carbonyl (C=O) groups is 7. The number of aromatic nitrogens is 10. The molecule has 0 radical (unpaired) electrons. The second kappa shape index (κ2) is 37.1. The third kappa shape index (κ3) is 20.7. The van der Waals surface area contributed by atoms with Crippen LogP contribution < -0.4 is 30.3 Å². The molecule has 5 aromatic heterocycles. The topological polar surface area (TPSA) is 341 Å². The van der Waals surface area contributed by atoms with Gasteiger partial charge >= 0.3 is 23.9 Å². The van der Waals surface area contributed by atoms with Gasteiger partial charge in [-0.15, -0.1) is 0 Å². The van der Waals surface area contributed by atoms with E-state index in [4.69, 9.17) is 29.8 Å². The number of aromatic amines is 2. The smallest absolute Gasteiger partial charge is 0.361 e. The van der Waals surface area contributed by atoms with Crippen molar-refractivity contribution in [2.45, 2.75) is 80.2 Å². The maximum atomic E-state index is 14.3. The van der Waals surface area contributed by atoms with Gasteiger partial charge in [-0.05, 0) is 95.5 Å². The van der Waals surface area contributed by atoms with Crippen molar-refractivity contribution in [3.63, 3.8) is 0 Å². The fourth-order valence-corrected chi connectivity index (χ4v) is 9.47. The zero-order valence-electron chi connectivity index (χ0n) is 57.2. The van der Waals surface area contributed by atoms with Gasteiger partial charge in [0.2, 0.25) is 23.0 Å². The first kappa shape index (κ1) is 77.1. The summed E-state index contributed by atoms with van der Waals surface area (Å²) < 4.78 is 84.0. The third-order valence-electron chi connectivity index (χ3n) is 14.8. The number of carbonyl (C=O) groups excluding carboxylic acids is 6. The van der Waals surface area contributed by atoms with E-state index >= 15 is 0 Å². The Bertz CT molecular complexity index is 4490. The minimum atomic E-state index is -1.35. The number of para-hydroxylation sites is 4. The third-order valence-corrected chi connectivity index (χ3v) is 14.8. The Kier molecular flexibility index (Phi) is 28.0. The molecule has 27 nitrogen and oxygen atoms in total. The Balaban J connectivity index is 0.000000178. The average Bonchev–Trinajstić information content (AvgIpc) is 1.66. The number of fused-ring (bicyclic) bond motifs is 2. The van der Waals surface area contributed by atoms with E-state index in [9.17, 15) is 51.1 Å². The number of anilines is 2. The van der Waals surface area contributed by atoms with Gasteiger partial charge in [0.1, 0.15) is 36.8 Å². The predicted molar refractivity (Wildman–Crippen MR) is 364 cm³/mol. The minimum absolute atomic E-state index is 0.0573. The molecule has 0 bridgehead atoms. The van der Waals surface area contributed by atoms with Crippen molar-refractivity contribution in [2.75, 3.05) is 56.9 Å². The van der Waals surface area contributed by atoms with Crippen LogP contribution in [-0.2, 0) is 43.4 Å². The van der Waals surface area contributed by atoms with E-state index in [1.807, 2.05) is 122 Å². The summed E-state index contributed by atoms with van der Waals surface area (Å²) in [5.74, 6) is -5.97. The van der Waals surface area contributed by atoms with Gasteiger partial charge in [0.25, 0.3) is 11.8 Å². The Labute approximate surface area is 583 Å². The number of nitrogens with zero attached hydrogens (tertiary/aromatic N) is 10. The number of carboxylic acid groups (broad SMARTS) is 1. The number of aryl methyl sites for hydroxylation is 2. The molecule has 0 aliphatic carbocycles. The number of nitrogens with two attached hydrogens (primary N) is 1. The Morgan fingerprint density at radius 2 is 1.01 bits per heavy atom. The Morgan fingerprint density at radius 1 is 0.559 bits per heavy atom. The van der Waals surface area contributed by atoms with Gasteiger partial charge in [0.15, 0.2) is 34.7 Å². The van der Waals surface area contributed by atoms with Crippen molar-refractivity contribution in [3.05, 3.63) is 243 Å². The highest BCUT2D eigenvalue weighted by Gasteiger charge is 2.33. The lowest BCUT2D eigenvalue weighted by Crippen LogP contribution is -2.49. The largest absolute Gasteiger partial charge is 0.489 e. The first-order valence-corrected chi connectivity index (χ1v) is 31.7. The summed E-state index contributed by atoms with van der Waals surface area (Å²) in [6.45, 7) is 13.6. The van der Waals surface area contributed by atoms with Crippen LogP contribution in [0.4, 0.5) is 28.9 Å². The lowest BCUT2D eigenvalue weighted by Gasteiger charge is -2.20. The monoisotopic (exact) mass is 1410 g/mol. The fraction of sp³-hybridized carbons (Fsp3) is 0.268. The number of amides is 3. The molecule has 5 aromatic carbocycles. The van der Waals surface area contributed by atoms with Gasteiger partial charge in [-0.25, -0.2) is 36.7 Å². The second-order valence-electron chi connectivity index (χ2n) is 22.2. The zero-order chi connectivity index (χ0) is 74.2. The summed E-state index contributed by atoms with van der Waals surface area (Å²) in [5, 5.41) is 35.3. The van der Waals surface area contributed by atoms with E-state index in [1.165, 1.54) is 37.7 Å². The van der Waals surface area contributed by atoms with Crippen LogP contribution in [0.2, 0.25) is 0 Å². The number of rotatable bonds is 15. The molecule has 102 heavy (non-hydrogen) atoms. The van der Waals surface area contributed by atoms with Gasteiger partial charge in [-0.3, -0.25) is 38.6 Å². The van der Waals surface area contributed by atoms with Crippen molar-refractivity contribution >= 4 is 53.0 Å². The molecule has 7 heterocycles. The molecular weight excluding hydrogens is 1330 g/mol. The quantitative estimate of drug-likeness (QED) is 0.0362. The Morgan fingerprint density at radius 3 is 1.48 bits per heavy atom. The fourth-order valence-electron chi connectivity index (χ4n) is 9.47. The molecule has 3 amide bonds. The maximum Gasteiger partial charge on any atom is 0.361 e. The molecule has 2 aliphatic rings. The van der Waals surface area contributed by atoms with Crippen molar-refractivity contribution < 1.29 is 79.9 Å². The normalized spacial score (nSPS) is 13.4. The molecular formula is C71H76F4N14O13. The maximum absolute atomic E-state index is 14.3. The molecule has 0 saturated carbocycles. The summed E-state index contributed by atoms with van der Waals surface area (Å²) in [4.78, 5) is 84.0. The van der Waals surface area contributed by atoms with Crippen LogP contribution >= 0.6 is 0 Å². The summed E-state index contributed by atoms with van der Waals surface area (Å²) in [7, 11) is 3.31. The van der Waals surface area contributed by atoms with Crippen LogP contribution in [0.5, 0.6) is 11.5 Å². The summed E-state index contributed by atoms with van der Waals surface area (Å²) in [6, 6.07) is 42.9. The number of H-pyrrole nitrogens is 2. The number of ether oxygens (including phenoxy) is 5. The molecule has 0 unspecified atom stereocenters. The van der Waals surface area contributed by atoms with Crippen molar-refractivity contribution in [3.8, 4) is 11.5 Å². The predicted octanol–water partition coefficient (Wildman–Crippen LogP) is 9.15. The minimum Gasteiger partial charge on any atom is -0.489 e. The summed E-state index contributed by atoms with van der Waals surface area (Å²) in [6.07, 6.45) is 1.16. The van der Waals surface area contributed by atoms with Crippen molar-refractivity contribution in [1.82, 2.24) is 55.1 Å². The molecule has 0 spiro atoms. The van der Waals surface area contributed by atoms with Gasteiger partial charge < -0.3 is 49.6 Å². The van der Waals surface area contributed by atoms with E-state index in [0.29, 0.717) is 54.8 Å². The average molecular weight is 1410 g/mol. The first-order valence-electron chi connectivity index (χ1n) is 31.7. The van der Waals surface area contributed by atoms with Gasteiger partial charge in [-0.2, -0.15) is 25.5 Å². The lowest BCUT2D eigenvalue weighted by molar-refractivity contribution is -0.121. The second-order valence-corrected chi connectivity index (χ2v) is 22.2. The number of halogens is 4. The molecule has 12 rings (SSSR count). The first-order chi connectivity index (χ1) is 48.8. The van der Waals surface area contributed by atoms with Gasteiger partial charge in [0, 0.05) is 19.8 Å². The summed E-state index contributed by atoms with van der Waals surface area (Å²) >= 11 is 0. The van der Waals surface area contributed by atoms with E-state index < -0.39 is 64.9 Å². The molecule has 2 aliphatic heterocycles. The van der Waals surface area contributed by atoms with Crippen molar-refractivity contribution in [2.24, 2.45) is 5.73 Å². The number of hydrogen-bond donors (Lipinski definition) is 5. The Hall–Kier alpha value is -12.3. The van der Waals surface area contributed by atoms with E-state index in [1.54, 1.807) is 72.1 Å². The molecule has 536 valence electrons. The standard InChI is InChI=1S/C21H19FN4O3.C14H15FN2O2.C12H11FN2O2.C10H12N2O2.C7H9FN2O2.C7H10N2O2/c1-25-17-9-5-6-10-18(17)29-13-16(21(25)28)23-20(27)19-15(22)12-26(24-19)11-14-7-3-2-4-8-14;1-3-19-14(18)13-12(15)10(2)17(16-13)9-11-7-5-4-6-8-11;1-8-10(13)11(12(16)17)14-15(8)7-9-5-3-2-4-6-9;1-12-8-4-2-3-5-9(8)14-6-7(11)10(12)13;1-3-12-7(11)6-5(8)4(2)9-10-6;1-3-11-7(10)6-4-5(2)8-9-6/h2-10,12,16H,11,13H2,1H3,(H,23,27);4-8H,3,9H2,1-2H3;2-6H,7H2,1H3,(H,16,17);2-5,7H,6,11H2,1H3;3H2,1-2H3,(H,9,10);4H,3H2,1-2H3,(H,8,9)/t16-;;;7-;;/m0..0../s1. The van der Waals surface area contributed by atoms with Crippen LogP contribution in [-0.4, -0.2) is 156 Å². The van der Waals surface area contributed by atoms with Gasteiger partial charge in [0.05, 0.1) is 74.1 Å². The highest BCUT2D eigenvalue weighted by Crippen LogP contribution is 2.31. The van der Waals surface area contributed by atoms with E-state index in [0.717, 1.165) is 34.3 Å². The number of aromatic carboxylic acids is 1. The molecule has 0 saturated heterocycles. The SMILES string of the molecule is CCOC(=O)c1cc(C)[nH]n1.CCOC(=O)c1n[nH]c(C)c1F.CCOC(=O)c1nn(Cc2ccccc2)c(C)c1F.CN1C(=O)[C@@H](N)COc2ccccc21.CN1C(=O)[C@@H](NC(=O)c2nn(Cc3ccccc3)cc2F)COc2ccccc21.Cc1c(F)c(C(=O)O)nn1Cc1ccccc1. The number of hydrogen-bond acceptors (Lipinski definition) is 18. The molecule has 0 fully saturated rings. The molecule has 10 aromatic rings. The number of carboxylic acids is 1. The molecule has 2 atom stereocenters. The lowest BCUT2D eigenvalue weighted by atomic mass is 10.2. The van der Waals surface area contributed by atoms with Crippen LogP contribution in [0.25, 0.3) is 0 Å². The molecule has 6 N–H and O–H groups in total. The highest BCUT2D eigenvalue weighted by atomic mass is 19.1.